The van der Waals surface area contributed by atoms with Crippen molar-refractivity contribution in [3.8, 4) is 0 Å². The Hall–Kier alpha value is -2.96. The Morgan fingerprint density at radius 3 is 2.67 bits per heavy atom. The zero-order valence-electron chi connectivity index (χ0n) is 14.6. The van der Waals surface area contributed by atoms with E-state index in [2.05, 4.69) is 10.6 Å². The highest BCUT2D eigenvalue weighted by Crippen LogP contribution is 2.28. The average Bonchev–Trinajstić information content (AvgIpc) is 2.67. The van der Waals surface area contributed by atoms with E-state index in [0.717, 1.165) is 16.3 Å². The molecule has 6 nitrogen and oxygen atoms in total. The van der Waals surface area contributed by atoms with Crippen molar-refractivity contribution >= 4 is 39.7 Å². The fraction of sp³-hybridized carbons (Fsp3) is 0.150. The highest BCUT2D eigenvalue weighted by molar-refractivity contribution is 6.31. The SMILES string of the molecule is C[C@H](NCC(=O)Nc1ccc(Cl)cc1[N+](=O)[O-])c1cccc2ccccc12. The van der Waals surface area contributed by atoms with E-state index in [1.807, 2.05) is 49.4 Å². The van der Waals surface area contributed by atoms with Crippen molar-refractivity contribution in [3.63, 3.8) is 0 Å². The van der Waals surface area contributed by atoms with E-state index < -0.39 is 4.92 Å². The lowest BCUT2D eigenvalue weighted by Crippen LogP contribution is -2.30. The quantitative estimate of drug-likeness (QED) is 0.477. The number of rotatable bonds is 6. The van der Waals surface area contributed by atoms with E-state index in [-0.39, 0.29) is 34.9 Å². The summed E-state index contributed by atoms with van der Waals surface area (Å²) in [5.41, 5.74) is 0.963. The highest BCUT2D eigenvalue weighted by Gasteiger charge is 2.17. The molecule has 0 bridgehead atoms. The van der Waals surface area contributed by atoms with Gasteiger partial charge in [0.25, 0.3) is 5.69 Å². The summed E-state index contributed by atoms with van der Waals surface area (Å²) < 4.78 is 0. The maximum absolute atomic E-state index is 12.2. The zero-order chi connectivity index (χ0) is 19.4. The third-order valence-corrected chi connectivity index (χ3v) is 4.52. The molecule has 0 spiro atoms. The van der Waals surface area contributed by atoms with E-state index in [0.29, 0.717) is 0 Å². The van der Waals surface area contributed by atoms with E-state index in [9.17, 15) is 14.9 Å². The Labute approximate surface area is 161 Å². The van der Waals surface area contributed by atoms with Gasteiger partial charge in [-0.1, -0.05) is 54.1 Å². The van der Waals surface area contributed by atoms with Gasteiger partial charge in [-0.15, -0.1) is 0 Å². The topological polar surface area (TPSA) is 84.3 Å². The van der Waals surface area contributed by atoms with Gasteiger partial charge in [0.1, 0.15) is 5.69 Å². The van der Waals surface area contributed by atoms with Gasteiger partial charge in [0, 0.05) is 17.1 Å². The van der Waals surface area contributed by atoms with Crippen molar-refractivity contribution in [1.82, 2.24) is 5.32 Å². The fourth-order valence-electron chi connectivity index (χ4n) is 2.94. The fourth-order valence-corrected chi connectivity index (χ4v) is 3.11. The first kappa shape index (κ1) is 18.8. The van der Waals surface area contributed by atoms with Gasteiger partial charge in [-0.2, -0.15) is 0 Å². The number of fused-ring (bicyclic) bond motifs is 1. The number of carbonyl (C=O) groups excluding carboxylic acids is 1. The second-order valence-corrected chi connectivity index (χ2v) is 6.57. The van der Waals surface area contributed by atoms with Gasteiger partial charge in [0.15, 0.2) is 0 Å². The van der Waals surface area contributed by atoms with Crippen LogP contribution in [0, 0.1) is 10.1 Å². The molecule has 3 rings (SSSR count). The minimum Gasteiger partial charge on any atom is -0.319 e. The molecule has 0 unspecified atom stereocenters. The normalized spacial score (nSPS) is 11.9. The number of amides is 1. The molecule has 3 aromatic rings. The van der Waals surface area contributed by atoms with Crippen LogP contribution in [0.3, 0.4) is 0 Å². The van der Waals surface area contributed by atoms with Crippen LogP contribution in [0.5, 0.6) is 0 Å². The second kappa shape index (κ2) is 8.16. The number of anilines is 1. The molecule has 138 valence electrons. The molecule has 0 fully saturated rings. The van der Waals surface area contributed by atoms with Gasteiger partial charge in [-0.05, 0) is 35.4 Å². The highest BCUT2D eigenvalue weighted by atomic mass is 35.5. The molecule has 0 saturated heterocycles. The van der Waals surface area contributed by atoms with Gasteiger partial charge >= 0.3 is 0 Å². The van der Waals surface area contributed by atoms with Crippen molar-refractivity contribution in [3.05, 3.63) is 81.4 Å². The molecule has 3 aromatic carbocycles. The van der Waals surface area contributed by atoms with Crippen LogP contribution >= 0.6 is 11.6 Å². The van der Waals surface area contributed by atoms with E-state index in [4.69, 9.17) is 11.6 Å². The molecular weight excluding hydrogens is 366 g/mol. The number of nitrogens with one attached hydrogen (secondary N) is 2. The first-order chi connectivity index (χ1) is 13.0. The smallest absolute Gasteiger partial charge is 0.294 e. The predicted octanol–water partition coefficient (Wildman–Crippen LogP) is 4.69. The molecule has 2 N–H and O–H groups in total. The van der Waals surface area contributed by atoms with Gasteiger partial charge in [0.05, 0.1) is 11.5 Å². The van der Waals surface area contributed by atoms with Crippen molar-refractivity contribution in [1.29, 1.82) is 0 Å². The lowest BCUT2D eigenvalue weighted by atomic mass is 10.00. The molecule has 0 saturated carbocycles. The number of halogens is 1. The Balaban J connectivity index is 1.68. The first-order valence-corrected chi connectivity index (χ1v) is 8.78. The summed E-state index contributed by atoms with van der Waals surface area (Å²) in [6, 6.07) is 18.1. The van der Waals surface area contributed by atoms with Gasteiger partial charge in [0.2, 0.25) is 5.91 Å². The maximum atomic E-state index is 12.2. The van der Waals surface area contributed by atoms with Crippen LogP contribution in [0.2, 0.25) is 5.02 Å². The molecule has 7 heteroatoms. The third kappa shape index (κ3) is 4.42. The lowest BCUT2D eigenvalue weighted by Gasteiger charge is -2.16. The minimum absolute atomic E-state index is 0.0180. The number of hydrogen-bond acceptors (Lipinski definition) is 4. The number of benzene rings is 3. The Kier molecular flexibility index (Phi) is 5.69. The van der Waals surface area contributed by atoms with Gasteiger partial charge < -0.3 is 10.6 Å². The summed E-state index contributed by atoms with van der Waals surface area (Å²) in [5.74, 6) is -0.368. The van der Waals surface area contributed by atoms with Crippen molar-refractivity contribution in [2.45, 2.75) is 13.0 Å². The number of nitrogens with zero attached hydrogens (tertiary/aromatic N) is 1. The standard InChI is InChI=1S/C20H18ClN3O3/c1-13(16-8-4-6-14-5-2-3-7-17(14)16)22-12-20(25)23-18-10-9-15(21)11-19(18)24(26)27/h2-11,13,22H,12H2,1H3,(H,23,25)/t13-/m0/s1. The monoisotopic (exact) mass is 383 g/mol. The first-order valence-electron chi connectivity index (χ1n) is 8.40. The molecule has 0 aliphatic carbocycles. The summed E-state index contributed by atoms with van der Waals surface area (Å²) in [6.07, 6.45) is 0. The van der Waals surface area contributed by atoms with E-state index in [1.54, 1.807) is 0 Å². The molecular formula is C20H18ClN3O3. The number of hydrogen-bond donors (Lipinski definition) is 2. The van der Waals surface area contributed by atoms with Gasteiger partial charge in [-0.25, -0.2) is 0 Å². The summed E-state index contributed by atoms with van der Waals surface area (Å²) in [4.78, 5) is 22.8. The molecule has 1 amide bonds. The van der Waals surface area contributed by atoms with Crippen molar-refractivity contribution in [2.75, 3.05) is 11.9 Å². The number of nitro benzene ring substituents is 1. The van der Waals surface area contributed by atoms with Crippen molar-refractivity contribution < 1.29 is 9.72 Å². The van der Waals surface area contributed by atoms with E-state index >= 15 is 0 Å². The van der Waals surface area contributed by atoms with Crippen LogP contribution in [0.15, 0.2) is 60.7 Å². The van der Waals surface area contributed by atoms with Crippen LogP contribution < -0.4 is 10.6 Å². The van der Waals surface area contributed by atoms with Crippen LogP contribution in [0.4, 0.5) is 11.4 Å². The molecule has 0 heterocycles. The minimum atomic E-state index is -0.576. The summed E-state index contributed by atoms with van der Waals surface area (Å²) in [7, 11) is 0. The molecule has 0 aliphatic rings. The molecule has 27 heavy (non-hydrogen) atoms. The maximum Gasteiger partial charge on any atom is 0.294 e. The van der Waals surface area contributed by atoms with Crippen LogP contribution in [0.25, 0.3) is 10.8 Å². The molecule has 1 atom stereocenters. The van der Waals surface area contributed by atoms with Gasteiger partial charge in [-0.3, -0.25) is 14.9 Å². The summed E-state index contributed by atoms with van der Waals surface area (Å²) in [5, 5.41) is 19.3. The van der Waals surface area contributed by atoms with Crippen LogP contribution in [0.1, 0.15) is 18.5 Å². The molecule has 0 radical (unpaired) electrons. The van der Waals surface area contributed by atoms with Crippen LogP contribution in [-0.2, 0) is 4.79 Å². The second-order valence-electron chi connectivity index (χ2n) is 6.14. The predicted molar refractivity (Wildman–Crippen MR) is 107 cm³/mol. The zero-order valence-corrected chi connectivity index (χ0v) is 15.4. The lowest BCUT2D eigenvalue weighted by molar-refractivity contribution is -0.383. The summed E-state index contributed by atoms with van der Waals surface area (Å²) >= 11 is 5.79. The number of carbonyl (C=O) groups is 1. The number of nitro groups is 1. The van der Waals surface area contributed by atoms with Crippen molar-refractivity contribution in [2.24, 2.45) is 0 Å². The van der Waals surface area contributed by atoms with E-state index in [1.165, 1.54) is 18.2 Å². The largest absolute Gasteiger partial charge is 0.319 e. The Morgan fingerprint density at radius 1 is 1.15 bits per heavy atom. The third-order valence-electron chi connectivity index (χ3n) is 4.29. The molecule has 0 aromatic heterocycles. The molecule has 0 aliphatic heterocycles. The Bertz CT molecular complexity index is 1000. The van der Waals surface area contributed by atoms with Crippen LogP contribution in [-0.4, -0.2) is 17.4 Å². The Morgan fingerprint density at radius 2 is 1.89 bits per heavy atom. The average molecular weight is 384 g/mol. The summed E-state index contributed by atoms with van der Waals surface area (Å²) in [6.45, 7) is 1.99.